The quantitative estimate of drug-likeness (QED) is 0.885. The minimum atomic E-state index is 0.0487. The van der Waals surface area contributed by atoms with E-state index >= 15 is 0 Å². The van der Waals surface area contributed by atoms with Crippen molar-refractivity contribution in [1.29, 1.82) is 0 Å². The van der Waals surface area contributed by atoms with Crippen molar-refractivity contribution in [3.63, 3.8) is 0 Å². The molecule has 132 valence electrons. The number of nitrogens with one attached hydrogen (secondary N) is 1. The van der Waals surface area contributed by atoms with Crippen molar-refractivity contribution < 1.29 is 9.53 Å². The molecular formula is C18H26ClN3O2. The van der Waals surface area contributed by atoms with E-state index in [4.69, 9.17) is 16.3 Å². The van der Waals surface area contributed by atoms with Crippen molar-refractivity contribution >= 4 is 23.2 Å². The SMILES string of the molecule is O=C(CCN1CCC(N2CCOCC2)CC1)Nc1cccc(Cl)c1. The number of hydrogen-bond acceptors (Lipinski definition) is 4. The highest BCUT2D eigenvalue weighted by Crippen LogP contribution is 2.18. The molecule has 0 aromatic heterocycles. The van der Waals surface area contributed by atoms with E-state index in [9.17, 15) is 4.79 Å². The van der Waals surface area contributed by atoms with Crippen LogP contribution in [0.1, 0.15) is 19.3 Å². The van der Waals surface area contributed by atoms with Crippen LogP contribution in [0.15, 0.2) is 24.3 Å². The summed E-state index contributed by atoms with van der Waals surface area (Å²) < 4.78 is 5.43. The molecule has 0 radical (unpaired) electrons. The fourth-order valence-electron chi connectivity index (χ4n) is 3.50. The van der Waals surface area contributed by atoms with E-state index in [-0.39, 0.29) is 5.91 Å². The van der Waals surface area contributed by atoms with Crippen LogP contribution in [0.3, 0.4) is 0 Å². The van der Waals surface area contributed by atoms with Crippen molar-refractivity contribution in [2.24, 2.45) is 0 Å². The Labute approximate surface area is 148 Å². The van der Waals surface area contributed by atoms with Crippen LogP contribution in [0.5, 0.6) is 0 Å². The number of nitrogens with zero attached hydrogens (tertiary/aromatic N) is 2. The lowest BCUT2D eigenvalue weighted by Gasteiger charge is -2.40. The van der Waals surface area contributed by atoms with E-state index in [2.05, 4.69) is 15.1 Å². The second-order valence-corrected chi connectivity index (χ2v) is 6.97. The Bertz CT molecular complexity index is 541. The van der Waals surface area contributed by atoms with Gasteiger partial charge in [0.25, 0.3) is 0 Å². The maximum Gasteiger partial charge on any atom is 0.225 e. The van der Waals surface area contributed by atoms with Gasteiger partial charge < -0.3 is 15.0 Å². The van der Waals surface area contributed by atoms with E-state index in [1.807, 2.05) is 12.1 Å². The van der Waals surface area contributed by atoms with Gasteiger partial charge in [-0.05, 0) is 44.1 Å². The molecule has 24 heavy (non-hydrogen) atoms. The lowest BCUT2D eigenvalue weighted by atomic mass is 10.0. The highest BCUT2D eigenvalue weighted by molar-refractivity contribution is 6.30. The first kappa shape index (κ1) is 17.7. The molecule has 1 N–H and O–H groups in total. The third-order valence-electron chi connectivity index (χ3n) is 4.88. The fourth-order valence-corrected chi connectivity index (χ4v) is 3.69. The molecule has 5 nitrogen and oxygen atoms in total. The van der Waals surface area contributed by atoms with Crippen LogP contribution >= 0.6 is 11.6 Å². The second-order valence-electron chi connectivity index (χ2n) is 6.53. The number of rotatable bonds is 5. The van der Waals surface area contributed by atoms with Gasteiger partial charge in [-0.15, -0.1) is 0 Å². The first-order chi connectivity index (χ1) is 11.7. The highest BCUT2D eigenvalue weighted by Gasteiger charge is 2.25. The molecule has 1 aromatic rings. The van der Waals surface area contributed by atoms with E-state index < -0.39 is 0 Å². The number of halogens is 1. The Hall–Kier alpha value is -1.14. The minimum absolute atomic E-state index is 0.0487. The van der Waals surface area contributed by atoms with Crippen LogP contribution in [0.2, 0.25) is 5.02 Å². The zero-order valence-electron chi connectivity index (χ0n) is 14.0. The molecule has 0 spiro atoms. The zero-order valence-corrected chi connectivity index (χ0v) is 14.8. The molecule has 2 aliphatic rings. The van der Waals surface area contributed by atoms with Gasteiger partial charge in [0.15, 0.2) is 0 Å². The largest absolute Gasteiger partial charge is 0.379 e. The maximum atomic E-state index is 12.1. The van der Waals surface area contributed by atoms with E-state index in [1.54, 1.807) is 12.1 Å². The van der Waals surface area contributed by atoms with Crippen molar-refractivity contribution in [3.05, 3.63) is 29.3 Å². The molecule has 2 saturated heterocycles. The third kappa shape index (κ3) is 5.18. The molecule has 6 heteroatoms. The highest BCUT2D eigenvalue weighted by atomic mass is 35.5. The summed E-state index contributed by atoms with van der Waals surface area (Å²) in [6.45, 7) is 6.83. The van der Waals surface area contributed by atoms with Gasteiger partial charge in [-0.1, -0.05) is 17.7 Å². The van der Waals surface area contributed by atoms with E-state index in [1.165, 1.54) is 12.8 Å². The predicted octanol–water partition coefficient (Wildman–Crippen LogP) is 2.47. The number of likely N-dealkylation sites (tertiary alicyclic amines) is 1. The molecule has 0 aliphatic carbocycles. The summed E-state index contributed by atoms with van der Waals surface area (Å²) in [5.41, 5.74) is 0.763. The van der Waals surface area contributed by atoms with Gasteiger partial charge in [-0.25, -0.2) is 0 Å². The number of piperidine rings is 1. The Kier molecular flexibility index (Phi) is 6.49. The lowest BCUT2D eigenvalue weighted by molar-refractivity contribution is -0.116. The molecule has 2 aliphatic heterocycles. The zero-order chi connectivity index (χ0) is 16.8. The summed E-state index contributed by atoms with van der Waals surface area (Å²) in [5, 5.41) is 3.55. The number of morpholine rings is 1. The summed E-state index contributed by atoms with van der Waals surface area (Å²) >= 11 is 5.93. The average molecular weight is 352 g/mol. The van der Waals surface area contributed by atoms with Crippen LogP contribution in [-0.2, 0) is 9.53 Å². The van der Waals surface area contributed by atoms with Crippen LogP contribution in [-0.4, -0.2) is 67.7 Å². The van der Waals surface area contributed by atoms with E-state index in [0.29, 0.717) is 17.5 Å². The van der Waals surface area contributed by atoms with Crippen LogP contribution in [0.4, 0.5) is 5.69 Å². The van der Waals surface area contributed by atoms with Gasteiger partial charge in [0.2, 0.25) is 5.91 Å². The Balaban J connectivity index is 1.36. The van der Waals surface area contributed by atoms with Crippen LogP contribution in [0, 0.1) is 0 Å². The maximum absolute atomic E-state index is 12.1. The molecule has 2 heterocycles. The smallest absolute Gasteiger partial charge is 0.225 e. The van der Waals surface area contributed by atoms with Gasteiger partial charge in [-0.3, -0.25) is 9.69 Å². The van der Waals surface area contributed by atoms with Crippen molar-refractivity contribution in [2.45, 2.75) is 25.3 Å². The second kappa shape index (κ2) is 8.81. The number of benzene rings is 1. The fraction of sp³-hybridized carbons (Fsp3) is 0.611. The Morgan fingerprint density at radius 2 is 1.96 bits per heavy atom. The van der Waals surface area contributed by atoms with Gasteiger partial charge in [0.1, 0.15) is 0 Å². The number of amides is 1. The molecule has 3 rings (SSSR count). The Morgan fingerprint density at radius 3 is 2.67 bits per heavy atom. The minimum Gasteiger partial charge on any atom is -0.379 e. The number of ether oxygens (including phenoxy) is 1. The average Bonchev–Trinajstić information content (AvgIpc) is 2.61. The summed E-state index contributed by atoms with van der Waals surface area (Å²) in [7, 11) is 0. The lowest BCUT2D eigenvalue weighted by Crippen LogP contribution is -2.49. The molecule has 1 aromatic carbocycles. The number of carbonyl (C=O) groups is 1. The third-order valence-corrected chi connectivity index (χ3v) is 5.12. The monoisotopic (exact) mass is 351 g/mol. The molecule has 0 unspecified atom stereocenters. The molecule has 0 atom stereocenters. The van der Waals surface area contributed by atoms with Gasteiger partial charge in [0, 0.05) is 42.8 Å². The first-order valence-electron chi connectivity index (χ1n) is 8.80. The Morgan fingerprint density at radius 1 is 1.21 bits per heavy atom. The molecule has 0 bridgehead atoms. The summed E-state index contributed by atoms with van der Waals surface area (Å²) in [4.78, 5) is 17.0. The number of carbonyl (C=O) groups excluding carboxylic acids is 1. The number of anilines is 1. The van der Waals surface area contributed by atoms with Crippen molar-refractivity contribution in [2.75, 3.05) is 51.3 Å². The van der Waals surface area contributed by atoms with Crippen molar-refractivity contribution in [1.82, 2.24) is 9.80 Å². The predicted molar refractivity (Wildman–Crippen MR) is 96.6 cm³/mol. The van der Waals surface area contributed by atoms with Crippen LogP contribution in [0.25, 0.3) is 0 Å². The first-order valence-corrected chi connectivity index (χ1v) is 9.18. The molecular weight excluding hydrogens is 326 g/mol. The summed E-state index contributed by atoms with van der Waals surface area (Å²) in [6, 6.07) is 7.96. The summed E-state index contributed by atoms with van der Waals surface area (Å²) in [5.74, 6) is 0.0487. The molecule has 0 saturated carbocycles. The van der Waals surface area contributed by atoms with Crippen molar-refractivity contribution in [3.8, 4) is 0 Å². The molecule has 2 fully saturated rings. The standard InChI is InChI=1S/C18H26ClN3O2/c19-15-2-1-3-16(14-15)20-18(23)6-9-21-7-4-17(5-8-21)22-10-12-24-13-11-22/h1-3,14,17H,4-13H2,(H,20,23). The van der Waals surface area contributed by atoms with Gasteiger partial charge >= 0.3 is 0 Å². The summed E-state index contributed by atoms with van der Waals surface area (Å²) in [6.07, 6.45) is 2.90. The molecule has 1 amide bonds. The van der Waals surface area contributed by atoms with Gasteiger partial charge in [0.05, 0.1) is 13.2 Å². The normalized spacial score (nSPS) is 20.9. The van der Waals surface area contributed by atoms with Crippen LogP contribution < -0.4 is 5.32 Å². The van der Waals surface area contributed by atoms with E-state index in [0.717, 1.165) is 51.6 Å². The van der Waals surface area contributed by atoms with Gasteiger partial charge in [-0.2, -0.15) is 0 Å². The number of hydrogen-bond donors (Lipinski definition) is 1. The topological polar surface area (TPSA) is 44.8 Å².